The van der Waals surface area contributed by atoms with E-state index in [1.807, 2.05) is 19.9 Å². The van der Waals surface area contributed by atoms with Crippen LogP contribution in [0, 0.1) is 0 Å². The van der Waals surface area contributed by atoms with E-state index >= 15 is 0 Å². The molecule has 2 atom stereocenters. The first kappa shape index (κ1) is 15.9. The first-order valence-corrected chi connectivity index (χ1v) is 6.48. The van der Waals surface area contributed by atoms with Crippen LogP contribution in [0.25, 0.3) is 0 Å². The second-order valence-corrected chi connectivity index (χ2v) is 4.46. The van der Waals surface area contributed by atoms with Gasteiger partial charge in [-0.25, -0.2) is 0 Å². The molecule has 0 aromatic heterocycles. The first-order valence-electron chi connectivity index (χ1n) is 6.48. The van der Waals surface area contributed by atoms with E-state index in [2.05, 4.69) is 10.1 Å². The van der Waals surface area contributed by atoms with E-state index < -0.39 is 6.61 Å². The second kappa shape index (κ2) is 8.07. The van der Waals surface area contributed by atoms with Crippen molar-refractivity contribution in [3.05, 3.63) is 29.8 Å². The summed E-state index contributed by atoms with van der Waals surface area (Å²) in [6, 6.07) is 6.89. The lowest BCUT2D eigenvalue weighted by Gasteiger charge is -2.22. The number of halogens is 2. The molecule has 0 radical (unpaired) electrons. The van der Waals surface area contributed by atoms with E-state index in [9.17, 15) is 8.78 Å². The van der Waals surface area contributed by atoms with Crippen LogP contribution < -0.4 is 10.1 Å². The molecule has 1 aromatic carbocycles. The van der Waals surface area contributed by atoms with Gasteiger partial charge in [-0.05, 0) is 37.5 Å². The molecule has 108 valence electrons. The molecule has 0 aliphatic heterocycles. The van der Waals surface area contributed by atoms with E-state index in [0.717, 1.165) is 12.0 Å². The van der Waals surface area contributed by atoms with Gasteiger partial charge >= 0.3 is 6.61 Å². The fourth-order valence-electron chi connectivity index (χ4n) is 1.97. The van der Waals surface area contributed by atoms with E-state index in [4.69, 9.17) is 5.11 Å². The Balaban J connectivity index is 2.67. The van der Waals surface area contributed by atoms with Crippen LogP contribution >= 0.6 is 0 Å². The molecule has 2 N–H and O–H groups in total. The molecule has 19 heavy (non-hydrogen) atoms. The molecule has 0 aliphatic carbocycles. The van der Waals surface area contributed by atoms with Gasteiger partial charge in [0.05, 0.1) is 0 Å². The third-order valence-corrected chi connectivity index (χ3v) is 3.04. The highest BCUT2D eigenvalue weighted by molar-refractivity contribution is 5.30. The first-order chi connectivity index (χ1) is 9.06. The van der Waals surface area contributed by atoms with Crippen LogP contribution in [0.2, 0.25) is 0 Å². The standard InChI is InChI=1S/C14H21F2NO2/c1-3-12(7-8-18)17-10(2)11-5-4-6-13(9-11)19-14(15)16/h4-6,9-10,12,14,17-18H,3,7-8H2,1-2H3. The zero-order valence-corrected chi connectivity index (χ0v) is 11.3. The maximum absolute atomic E-state index is 12.2. The lowest BCUT2D eigenvalue weighted by Crippen LogP contribution is -2.31. The van der Waals surface area contributed by atoms with E-state index in [-0.39, 0.29) is 24.4 Å². The normalized spacial score (nSPS) is 14.4. The van der Waals surface area contributed by atoms with E-state index in [0.29, 0.717) is 6.42 Å². The fraction of sp³-hybridized carbons (Fsp3) is 0.571. The van der Waals surface area contributed by atoms with Gasteiger partial charge in [-0.2, -0.15) is 8.78 Å². The summed E-state index contributed by atoms with van der Waals surface area (Å²) < 4.78 is 28.7. The average molecular weight is 273 g/mol. The van der Waals surface area contributed by atoms with Gasteiger partial charge in [-0.1, -0.05) is 19.1 Å². The predicted molar refractivity (Wildman–Crippen MR) is 70.4 cm³/mol. The Bertz CT molecular complexity index is 374. The molecule has 0 bridgehead atoms. The van der Waals surface area contributed by atoms with E-state index in [1.165, 1.54) is 6.07 Å². The van der Waals surface area contributed by atoms with Crippen LogP contribution in [-0.2, 0) is 0 Å². The van der Waals surface area contributed by atoms with Gasteiger partial charge in [-0.15, -0.1) is 0 Å². The highest BCUT2D eigenvalue weighted by atomic mass is 19.3. The SMILES string of the molecule is CCC(CCO)NC(C)c1cccc(OC(F)F)c1. The fourth-order valence-corrected chi connectivity index (χ4v) is 1.97. The summed E-state index contributed by atoms with van der Waals surface area (Å²) in [7, 11) is 0. The molecule has 1 rings (SSSR count). The number of ether oxygens (including phenoxy) is 1. The summed E-state index contributed by atoms with van der Waals surface area (Å²) in [6.45, 7) is 1.32. The van der Waals surface area contributed by atoms with Gasteiger partial charge in [0.25, 0.3) is 0 Å². The smallest absolute Gasteiger partial charge is 0.387 e. The van der Waals surface area contributed by atoms with Crippen molar-refractivity contribution in [2.75, 3.05) is 6.61 Å². The van der Waals surface area contributed by atoms with Gasteiger partial charge in [0, 0.05) is 18.7 Å². The molecule has 0 aliphatic rings. The van der Waals surface area contributed by atoms with E-state index in [1.54, 1.807) is 12.1 Å². The van der Waals surface area contributed by atoms with Crippen LogP contribution in [0.4, 0.5) is 8.78 Å². The molecule has 0 heterocycles. The van der Waals surface area contributed by atoms with Crippen molar-refractivity contribution < 1.29 is 18.6 Å². The summed E-state index contributed by atoms with van der Waals surface area (Å²) in [5.74, 6) is 0.163. The van der Waals surface area contributed by atoms with Crippen molar-refractivity contribution in [1.82, 2.24) is 5.32 Å². The number of aliphatic hydroxyl groups excluding tert-OH is 1. The van der Waals surface area contributed by atoms with Crippen LogP contribution in [0.1, 0.15) is 38.3 Å². The maximum Gasteiger partial charge on any atom is 0.387 e. The molecule has 2 unspecified atom stereocenters. The summed E-state index contributed by atoms with van der Waals surface area (Å²) >= 11 is 0. The number of aliphatic hydroxyl groups is 1. The molecule has 0 fully saturated rings. The Morgan fingerprint density at radius 3 is 2.68 bits per heavy atom. The number of rotatable bonds is 8. The Labute approximate surface area is 112 Å². The summed E-state index contributed by atoms with van der Waals surface area (Å²) in [5, 5.41) is 12.3. The highest BCUT2D eigenvalue weighted by Gasteiger charge is 2.13. The van der Waals surface area contributed by atoms with Gasteiger partial charge in [-0.3, -0.25) is 0 Å². The second-order valence-electron chi connectivity index (χ2n) is 4.46. The Kier molecular flexibility index (Phi) is 6.73. The molecule has 0 saturated heterocycles. The summed E-state index contributed by atoms with van der Waals surface area (Å²) in [5.41, 5.74) is 0.884. The lowest BCUT2D eigenvalue weighted by atomic mass is 10.1. The zero-order valence-electron chi connectivity index (χ0n) is 11.3. The Morgan fingerprint density at radius 2 is 2.11 bits per heavy atom. The highest BCUT2D eigenvalue weighted by Crippen LogP contribution is 2.21. The van der Waals surface area contributed by atoms with Crippen molar-refractivity contribution in [1.29, 1.82) is 0 Å². The number of benzene rings is 1. The summed E-state index contributed by atoms with van der Waals surface area (Å²) in [6.07, 6.45) is 1.58. The third kappa shape index (κ3) is 5.53. The molecule has 3 nitrogen and oxygen atoms in total. The molecule has 0 amide bonds. The number of hydrogen-bond acceptors (Lipinski definition) is 3. The minimum Gasteiger partial charge on any atom is -0.435 e. The van der Waals surface area contributed by atoms with Gasteiger partial charge in [0.2, 0.25) is 0 Å². The molecule has 5 heteroatoms. The van der Waals surface area contributed by atoms with Gasteiger partial charge in [0.15, 0.2) is 0 Å². The van der Waals surface area contributed by atoms with Crippen molar-refractivity contribution in [2.24, 2.45) is 0 Å². The van der Waals surface area contributed by atoms with Crippen molar-refractivity contribution in [3.63, 3.8) is 0 Å². The molecular formula is C14H21F2NO2. The topological polar surface area (TPSA) is 41.5 Å². The minimum absolute atomic E-state index is 0.0118. The molecular weight excluding hydrogens is 252 g/mol. The average Bonchev–Trinajstić information content (AvgIpc) is 2.37. The Hall–Kier alpha value is -1.20. The number of nitrogens with one attached hydrogen (secondary N) is 1. The van der Waals surface area contributed by atoms with Crippen LogP contribution in [0.3, 0.4) is 0 Å². The molecule has 0 saturated carbocycles. The minimum atomic E-state index is -2.81. The largest absolute Gasteiger partial charge is 0.435 e. The monoisotopic (exact) mass is 273 g/mol. The maximum atomic E-state index is 12.2. The van der Waals surface area contributed by atoms with Gasteiger partial charge in [0.1, 0.15) is 5.75 Å². The van der Waals surface area contributed by atoms with Gasteiger partial charge < -0.3 is 15.2 Å². The number of hydrogen-bond donors (Lipinski definition) is 2. The summed E-state index contributed by atoms with van der Waals surface area (Å²) in [4.78, 5) is 0. The zero-order chi connectivity index (χ0) is 14.3. The van der Waals surface area contributed by atoms with Crippen LogP contribution in [0.5, 0.6) is 5.75 Å². The van der Waals surface area contributed by atoms with Crippen molar-refractivity contribution in [2.45, 2.75) is 45.4 Å². The van der Waals surface area contributed by atoms with Crippen LogP contribution in [-0.4, -0.2) is 24.4 Å². The molecule has 0 spiro atoms. The van der Waals surface area contributed by atoms with Crippen LogP contribution in [0.15, 0.2) is 24.3 Å². The third-order valence-electron chi connectivity index (χ3n) is 3.04. The molecule has 1 aromatic rings. The lowest BCUT2D eigenvalue weighted by molar-refractivity contribution is -0.0499. The predicted octanol–water partition coefficient (Wildman–Crippen LogP) is 3.10. The van der Waals surface area contributed by atoms with Crippen molar-refractivity contribution >= 4 is 0 Å². The number of alkyl halides is 2. The quantitative estimate of drug-likeness (QED) is 0.764. The van der Waals surface area contributed by atoms with Crippen molar-refractivity contribution in [3.8, 4) is 5.75 Å². The Morgan fingerprint density at radius 1 is 1.37 bits per heavy atom.